The van der Waals surface area contributed by atoms with Crippen LogP contribution < -0.4 is 5.32 Å². The summed E-state index contributed by atoms with van der Waals surface area (Å²) < 4.78 is 5.47. The molecular formula is C14H19NO4. The number of carbonyl (C=O) groups excluding carboxylic acids is 1. The summed E-state index contributed by atoms with van der Waals surface area (Å²) in [5.74, 6) is -1.26. The number of hydrogen-bond acceptors (Lipinski definition) is 3. The van der Waals surface area contributed by atoms with Crippen LogP contribution in [-0.2, 0) is 4.74 Å². The van der Waals surface area contributed by atoms with Crippen molar-refractivity contribution in [3.05, 3.63) is 35.4 Å². The van der Waals surface area contributed by atoms with Crippen molar-refractivity contribution in [1.82, 2.24) is 5.32 Å². The van der Waals surface area contributed by atoms with Gasteiger partial charge in [0.2, 0.25) is 0 Å². The van der Waals surface area contributed by atoms with Gasteiger partial charge >= 0.3 is 5.97 Å². The van der Waals surface area contributed by atoms with Crippen LogP contribution in [0.4, 0.5) is 0 Å². The Balaban J connectivity index is 2.61. The molecular weight excluding hydrogens is 246 g/mol. The Morgan fingerprint density at radius 3 is 2.21 bits per heavy atom. The lowest BCUT2D eigenvalue weighted by Gasteiger charge is -2.24. The zero-order valence-corrected chi connectivity index (χ0v) is 11.4. The molecule has 0 bridgehead atoms. The maximum absolute atomic E-state index is 11.9. The van der Waals surface area contributed by atoms with Gasteiger partial charge in [-0.1, -0.05) is 0 Å². The van der Waals surface area contributed by atoms with Crippen molar-refractivity contribution in [2.75, 3.05) is 13.2 Å². The molecule has 1 rings (SSSR count). The molecule has 0 spiro atoms. The lowest BCUT2D eigenvalue weighted by molar-refractivity contribution is -0.00815. The molecule has 0 fully saturated rings. The quantitative estimate of drug-likeness (QED) is 0.824. The average Bonchev–Trinajstić information content (AvgIpc) is 2.36. The number of rotatable bonds is 6. The Morgan fingerprint density at radius 1 is 1.21 bits per heavy atom. The van der Waals surface area contributed by atoms with E-state index in [0.717, 1.165) is 0 Å². The first-order valence-electron chi connectivity index (χ1n) is 6.11. The summed E-state index contributed by atoms with van der Waals surface area (Å²) in [6.07, 6.45) is 0. The van der Waals surface area contributed by atoms with Gasteiger partial charge in [0.05, 0.1) is 11.2 Å². The van der Waals surface area contributed by atoms with Crippen LogP contribution in [0.2, 0.25) is 0 Å². The van der Waals surface area contributed by atoms with E-state index in [-0.39, 0.29) is 11.5 Å². The highest BCUT2D eigenvalue weighted by Gasteiger charge is 2.19. The number of hydrogen-bond donors (Lipinski definition) is 2. The van der Waals surface area contributed by atoms with Crippen molar-refractivity contribution in [2.45, 2.75) is 26.4 Å². The molecule has 0 aliphatic rings. The predicted molar refractivity (Wildman–Crippen MR) is 71.4 cm³/mol. The average molecular weight is 265 g/mol. The predicted octanol–water partition coefficient (Wildman–Crippen LogP) is 1.93. The van der Waals surface area contributed by atoms with Crippen LogP contribution in [0.1, 0.15) is 41.5 Å². The van der Waals surface area contributed by atoms with Crippen molar-refractivity contribution in [3.8, 4) is 0 Å². The Labute approximate surface area is 112 Å². The van der Waals surface area contributed by atoms with Gasteiger partial charge in [0, 0.05) is 18.7 Å². The summed E-state index contributed by atoms with van der Waals surface area (Å²) >= 11 is 0. The topological polar surface area (TPSA) is 75.6 Å². The molecule has 2 N–H and O–H groups in total. The van der Waals surface area contributed by atoms with Gasteiger partial charge in [-0.25, -0.2) is 4.79 Å². The lowest BCUT2D eigenvalue weighted by atomic mass is 10.1. The lowest BCUT2D eigenvalue weighted by Crippen LogP contribution is -2.40. The maximum atomic E-state index is 11.9. The molecule has 0 aromatic heterocycles. The van der Waals surface area contributed by atoms with E-state index in [1.807, 2.05) is 20.8 Å². The van der Waals surface area contributed by atoms with E-state index >= 15 is 0 Å². The second-order valence-electron chi connectivity index (χ2n) is 4.76. The smallest absolute Gasteiger partial charge is 0.335 e. The molecule has 1 amide bonds. The molecule has 0 saturated carbocycles. The maximum Gasteiger partial charge on any atom is 0.335 e. The minimum Gasteiger partial charge on any atom is -0.478 e. The summed E-state index contributed by atoms with van der Waals surface area (Å²) in [5, 5.41) is 11.5. The van der Waals surface area contributed by atoms with Gasteiger partial charge in [0.15, 0.2) is 0 Å². The number of nitrogens with one attached hydrogen (secondary N) is 1. The van der Waals surface area contributed by atoms with Gasteiger partial charge in [0.1, 0.15) is 0 Å². The second kappa shape index (κ2) is 6.33. The SMILES string of the molecule is CCOC(C)(C)CNC(=O)c1ccc(C(=O)O)cc1. The number of carbonyl (C=O) groups is 2. The summed E-state index contributed by atoms with van der Waals surface area (Å²) in [5.41, 5.74) is 0.161. The third-order valence-electron chi connectivity index (χ3n) is 2.60. The molecule has 0 saturated heterocycles. The number of carboxylic acid groups (broad SMARTS) is 1. The fourth-order valence-electron chi connectivity index (χ4n) is 1.60. The third-order valence-corrected chi connectivity index (χ3v) is 2.60. The van der Waals surface area contributed by atoms with Crippen LogP contribution in [0.3, 0.4) is 0 Å². The first-order chi connectivity index (χ1) is 8.85. The summed E-state index contributed by atoms with van der Waals surface area (Å²) in [4.78, 5) is 22.6. The zero-order valence-electron chi connectivity index (χ0n) is 11.4. The van der Waals surface area contributed by atoms with Crippen molar-refractivity contribution in [1.29, 1.82) is 0 Å². The fourth-order valence-corrected chi connectivity index (χ4v) is 1.60. The molecule has 0 unspecified atom stereocenters. The highest BCUT2D eigenvalue weighted by molar-refractivity contribution is 5.95. The van der Waals surface area contributed by atoms with Crippen LogP contribution in [0.5, 0.6) is 0 Å². The number of aromatic carboxylic acids is 1. The van der Waals surface area contributed by atoms with E-state index in [1.54, 1.807) is 0 Å². The van der Waals surface area contributed by atoms with E-state index in [4.69, 9.17) is 9.84 Å². The Hall–Kier alpha value is -1.88. The highest BCUT2D eigenvalue weighted by atomic mass is 16.5. The van der Waals surface area contributed by atoms with E-state index in [2.05, 4.69) is 5.32 Å². The van der Waals surface area contributed by atoms with Crippen LogP contribution in [-0.4, -0.2) is 35.7 Å². The monoisotopic (exact) mass is 265 g/mol. The molecule has 0 aliphatic heterocycles. The summed E-state index contributed by atoms with van der Waals surface area (Å²) in [7, 11) is 0. The zero-order chi connectivity index (χ0) is 14.5. The van der Waals surface area contributed by atoms with Crippen LogP contribution >= 0.6 is 0 Å². The summed E-state index contributed by atoms with van der Waals surface area (Å²) in [6.45, 7) is 6.65. The third kappa shape index (κ3) is 4.71. The number of amides is 1. The number of carboxylic acids is 1. The van der Waals surface area contributed by atoms with Crippen molar-refractivity contribution in [3.63, 3.8) is 0 Å². The Kier molecular flexibility index (Phi) is 5.06. The van der Waals surface area contributed by atoms with E-state index in [1.165, 1.54) is 24.3 Å². The Morgan fingerprint density at radius 2 is 1.74 bits per heavy atom. The van der Waals surface area contributed by atoms with Gasteiger partial charge in [0.25, 0.3) is 5.91 Å². The van der Waals surface area contributed by atoms with Crippen LogP contribution in [0, 0.1) is 0 Å². The largest absolute Gasteiger partial charge is 0.478 e. The molecule has 5 nitrogen and oxygen atoms in total. The van der Waals surface area contributed by atoms with Crippen molar-refractivity contribution in [2.24, 2.45) is 0 Å². The summed E-state index contributed by atoms with van der Waals surface area (Å²) in [6, 6.07) is 5.80. The number of ether oxygens (including phenoxy) is 1. The first kappa shape index (κ1) is 15.2. The van der Waals surface area contributed by atoms with Crippen molar-refractivity contribution < 1.29 is 19.4 Å². The minimum atomic E-state index is -1.01. The van der Waals surface area contributed by atoms with Crippen molar-refractivity contribution >= 4 is 11.9 Å². The standard InChI is InChI=1S/C14H19NO4/c1-4-19-14(2,3)9-15-12(16)10-5-7-11(8-6-10)13(17)18/h5-8H,4,9H2,1-3H3,(H,15,16)(H,17,18). The van der Waals surface area contributed by atoms with E-state index < -0.39 is 11.6 Å². The molecule has 19 heavy (non-hydrogen) atoms. The van der Waals surface area contributed by atoms with Gasteiger partial charge in [-0.3, -0.25) is 4.79 Å². The van der Waals surface area contributed by atoms with E-state index in [0.29, 0.717) is 18.7 Å². The molecule has 104 valence electrons. The molecule has 0 radical (unpaired) electrons. The normalized spacial score (nSPS) is 11.1. The molecule has 0 heterocycles. The highest BCUT2D eigenvalue weighted by Crippen LogP contribution is 2.08. The van der Waals surface area contributed by atoms with Gasteiger partial charge in [-0.15, -0.1) is 0 Å². The number of benzene rings is 1. The minimum absolute atomic E-state index is 0.159. The molecule has 1 aromatic rings. The van der Waals surface area contributed by atoms with E-state index in [9.17, 15) is 9.59 Å². The van der Waals surface area contributed by atoms with Gasteiger partial charge in [-0.05, 0) is 45.0 Å². The molecule has 1 aromatic carbocycles. The van der Waals surface area contributed by atoms with Crippen LogP contribution in [0.25, 0.3) is 0 Å². The van der Waals surface area contributed by atoms with Gasteiger partial charge < -0.3 is 15.2 Å². The molecule has 0 atom stereocenters. The molecule has 0 aliphatic carbocycles. The van der Waals surface area contributed by atoms with Crippen LogP contribution in [0.15, 0.2) is 24.3 Å². The van der Waals surface area contributed by atoms with Gasteiger partial charge in [-0.2, -0.15) is 0 Å². The fraction of sp³-hybridized carbons (Fsp3) is 0.429. The Bertz CT molecular complexity index is 451. The first-order valence-corrected chi connectivity index (χ1v) is 6.11. The molecule has 5 heteroatoms. The second-order valence-corrected chi connectivity index (χ2v) is 4.76.